The second-order valence-electron chi connectivity index (χ2n) is 4.76. The zero-order valence-corrected chi connectivity index (χ0v) is 12.7. The summed E-state index contributed by atoms with van der Waals surface area (Å²) < 4.78 is 6.24. The summed E-state index contributed by atoms with van der Waals surface area (Å²) in [7, 11) is 1.94. The number of aromatic nitrogens is 1. The van der Waals surface area contributed by atoms with E-state index < -0.39 is 6.10 Å². The van der Waals surface area contributed by atoms with E-state index in [2.05, 4.69) is 25.8 Å². The average molecular weight is 330 g/mol. The molecule has 0 unspecified atom stereocenters. The number of pyridine rings is 1. The van der Waals surface area contributed by atoms with Crippen LogP contribution in [0.15, 0.2) is 22.8 Å². The number of hydrogen-bond donors (Lipinski definition) is 1. The maximum absolute atomic E-state index is 10.2. The van der Waals surface area contributed by atoms with Crippen molar-refractivity contribution in [1.29, 1.82) is 0 Å². The van der Waals surface area contributed by atoms with Gasteiger partial charge in [-0.15, -0.1) is 0 Å². The number of nitrogens with zero attached hydrogens (tertiary/aromatic N) is 3. The lowest BCUT2D eigenvalue weighted by atomic mass is 10.3. The minimum atomic E-state index is -0.392. The molecule has 1 aromatic heterocycles. The molecule has 106 valence electrons. The highest BCUT2D eigenvalue weighted by atomic mass is 79.9. The Kier molecular flexibility index (Phi) is 5.57. The number of β-amino-alcohol motifs (C(OH)–C–C–N with tert-alkyl or cyclic N) is 1. The third-order valence-electron chi connectivity index (χ3n) is 3.16. The van der Waals surface area contributed by atoms with Gasteiger partial charge in [0.25, 0.3) is 0 Å². The van der Waals surface area contributed by atoms with Crippen LogP contribution in [0.2, 0.25) is 0 Å². The monoisotopic (exact) mass is 329 g/mol. The topological polar surface area (TPSA) is 48.8 Å². The summed E-state index contributed by atoms with van der Waals surface area (Å²) in [6.45, 7) is 4.55. The van der Waals surface area contributed by atoms with Crippen LogP contribution in [-0.4, -0.2) is 67.5 Å². The molecule has 1 aromatic rings. The number of hydrogen-bond acceptors (Lipinski definition) is 5. The molecule has 0 spiro atoms. The van der Waals surface area contributed by atoms with Gasteiger partial charge in [-0.1, -0.05) is 0 Å². The summed E-state index contributed by atoms with van der Waals surface area (Å²) in [4.78, 5) is 8.51. The summed E-state index contributed by atoms with van der Waals surface area (Å²) in [5.74, 6) is 0.850. The van der Waals surface area contributed by atoms with Gasteiger partial charge in [-0.3, -0.25) is 4.90 Å². The predicted octanol–water partition coefficient (Wildman–Crippen LogP) is 0.973. The van der Waals surface area contributed by atoms with E-state index in [9.17, 15) is 5.11 Å². The Bertz CT molecular complexity index is 399. The normalized spacial score (nSPS) is 18.3. The summed E-state index contributed by atoms with van der Waals surface area (Å²) in [5.41, 5.74) is 0. The van der Waals surface area contributed by atoms with E-state index in [-0.39, 0.29) is 0 Å². The summed E-state index contributed by atoms with van der Waals surface area (Å²) in [6, 6.07) is 3.83. The molecule has 0 aromatic carbocycles. The van der Waals surface area contributed by atoms with E-state index in [1.165, 1.54) is 0 Å². The van der Waals surface area contributed by atoms with Gasteiger partial charge in [-0.05, 0) is 28.1 Å². The molecule has 19 heavy (non-hydrogen) atoms. The maximum Gasteiger partial charge on any atom is 0.142 e. The van der Waals surface area contributed by atoms with Crippen molar-refractivity contribution in [3.8, 4) is 0 Å². The summed E-state index contributed by atoms with van der Waals surface area (Å²) >= 11 is 3.47. The van der Waals surface area contributed by atoms with Crippen molar-refractivity contribution >= 4 is 21.7 Å². The highest BCUT2D eigenvalue weighted by Gasteiger charge is 2.17. The van der Waals surface area contributed by atoms with Gasteiger partial charge in [0.2, 0.25) is 0 Å². The van der Waals surface area contributed by atoms with Gasteiger partial charge < -0.3 is 14.7 Å². The molecule has 0 aliphatic carbocycles. The molecule has 1 saturated heterocycles. The fraction of sp³-hybridized carbons (Fsp3) is 0.615. The van der Waals surface area contributed by atoms with Crippen LogP contribution in [0.3, 0.4) is 0 Å². The fourth-order valence-corrected chi connectivity index (χ4v) is 2.76. The van der Waals surface area contributed by atoms with Crippen LogP contribution in [-0.2, 0) is 4.74 Å². The molecular weight excluding hydrogens is 310 g/mol. The number of halogens is 1. The Morgan fingerprint density at radius 3 is 2.95 bits per heavy atom. The van der Waals surface area contributed by atoms with Gasteiger partial charge in [0.15, 0.2) is 0 Å². The maximum atomic E-state index is 10.2. The van der Waals surface area contributed by atoms with E-state index in [4.69, 9.17) is 4.74 Å². The zero-order valence-electron chi connectivity index (χ0n) is 11.1. The molecule has 6 heteroatoms. The van der Waals surface area contributed by atoms with Gasteiger partial charge in [0.1, 0.15) is 5.82 Å². The van der Waals surface area contributed by atoms with Gasteiger partial charge in [0, 0.05) is 39.4 Å². The van der Waals surface area contributed by atoms with Gasteiger partial charge >= 0.3 is 0 Å². The van der Waals surface area contributed by atoms with E-state index >= 15 is 0 Å². The Labute approximate surface area is 122 Å². The van der Waals surface area contributed by atoms with Gasteiger partial charge in [-0.25, -0.2) is 4.98 Å². The van der Waals surface area contributed by atoms with Crippen molar-refractivity contribution in [1.82, 2.24) is 9.88 Å². The van der Waals surface area contributed by atoms with Crippen molar-refractivity contribution in [3.05, 3.63) is 22.8 Å². The number of morpholine rings is 1. The van der Waals surface area contributed by atoms with E-state index in [1.54, 1.807) is 6.20 Å². The molecular formula is C13H20BrN3O2. The SMILES string of the molecule is CN(C[C@@H](O)CN1CCOCC1)c1ncccc1Br. The lowest BCUT2D eigenvalue weighted by Gasteiger charge is -2.30. The minimum absolute atomic E-state index is 0.392. The molecule has 1 fully saturated rings. The first-order valence-corrected chi connectivity index (χ1v) is 7.26. The molecule has 2 rings (SSSR count). The molecule has 1 aliphatic heterocycles. The predicted molar refractivity (Wildman–Crippen MR) is 78.5 cm³/mol. The van der Waals surface area contributed by atoms with Crippen LogP contribution in [0.1, 0.15) is 0 Å². The summed E-state index contributed by atoms with van der Waals surface area (Å²) in [6.07, 6.45) is 1.36. The van der Waals surface area contributed by atoms with Crippen LogP contribution in [0.25, 0.3) is 0 Å². The third-order valence-corrected chi connectivity index (χ3v) is 3.78. The lowest BCUT2D eigenvalue weighted by molar-refractivity contribution is 0.0162. The molecule has 2 heterocycles. The van der Waals surface area contributed by atoms with Crippen molar-refractivity contribution in [3.63, 3.8) is 0 Å². The standard InChI is InChI=1S/C13H20BrN3O2/c1-16(13-12(14)3-2-4-15-13)9-11(18)10-17-5-7-19-8-6-17/h2-4,11,18H,5-10H2,1H3/t11-/m1/s1. The van der Waals surface area contributed by atoms with Gasteiger partial charge in [0.05, 0.1) is 23.8 Å². The number of ether oxygens (including phenoxy) is 1. The molecule has 0 bridgehead atoms. The van der Waals surface area contributed by atoms with E-state index in [0.717, 1.165) is 36.6 Å². The Balaban J connectivity index is 1.84. The molecule has 1 atom stereocenters. The van der Waals surface area contributed by atoms with E-state index in [1.807, 2.05) is 24.1 Å². The minimum Gasteiger partial charge on any atom is -0.390 e. The fourth-order valence-electron chi connectivity index (χ4n) is 2.20. The van der Waals surface area contributed by atoms with Crippen LogP contribution >= 0.6 is 15.9 Å². The largest absolute Gasteiger partial charge is 0.390 e. The lowest BCUT2D eigenvalue weighted by Crippen LogP contribution is -2.44. The van der Waals surface area contributed by atoms with Crippen LogP contribution < -0.4 is 4.90 Å². The van der Waals surface area contributed by atoms with Crippen molar-refractivity contribution in [2.75, 3.05) is 51.3 Å². The second-order valence-corrected chi connectivity index (χ2v) is 5.61. The van der Waals surface area contributed by atoms with Crippen LogP contribution in [0.5, 0.6) is 0 Å². The van der Waals surface area contributed by atoms with Crippen molar-refractivity contribution in [2.45, 2.75) is 6.10 Å². The summed E-state index contributed by atoms with van der Waals surface area (Å²) in [5, 5.41) is 10.2. The average Bonchev–Trinajstić information content (AvgIpc) is 2.40. The number of rotatable bonds is 5. The molecule has 0 saturated carbocycles. The molecule has 0 amide bonds. The Hall–Kier alpha value is -0.690. The van der Waals surface area contributed by atoms with Crippen molar-refractivity contribution in [2.24, 2.45) is 0 Å². The van der Waals surface area contributed by atoms with Crippen LogP contribution in [0.4, 0.5) is 5.82 Å². The van der Waals surface area contributed by atoms with Crippen molar-refractivity contribution < 1.29 is 9.84 Å². The first-order chi connectivity index (χ1) is 9.16. The molecule has 5 nitrogen and oxygen atoms in total. The number of likely N-dealkylation sites (N-methyl/N-ethyl adjacent to an activating group) is 1. The third kappa shape index (κ3) is 4.42. The molecule has 0 radical (unpaired) electrons. The zero-order chi connectivity index (χ0) is 13.7. The number of aliphatic hydroxyl groups is 1. The quantitative estimate of drug-likeness (QED) is 0.872. The van der Waals surface area contributed by atoms with Crippen LogP contribution in [0, 0.1) is 0 Å². The highest BCUT2D eigenvalue weighted by Crippen LogP contribution is 2.21. The second kappa shape index (κ2) is 7.19. The first-order valence-electron chi connectivity index (χ1n) is 6.46. The van der Waals surface area contributed by atoms with Gasteiger partial charge in [-0.2, -0.15) is 0 Å². The van der Waals surface area contributed by atoms with E-state index in [0.29, 0.717) is 13.1 Å². The molecule has 1 aliphatic rings. The number of anilines is 1. The Morgan fingerprint density at radius 2 is 2.26 bits per heavy atom. The first kappa shape index (κ1) is 14.7. The molecule has 1 N–H and O–H groups in total. The Morgan fingerprint density at radius 1 is 1.53 bits per heavy atom. The number of aliphatic hydroxyl groups excluding tert-OH is 1. The smallest absolute Gasteiger partial charge is 0.142 e. The highest BCUT2D eigenvalue weighted by molar-refractivity contribution is 9.10.